The number of nitrogen functional groups attached to an aromatic ring is 1. The zero-order chi connectivity index (χ0) is 15.8. The van der Waals surface area contributed by atoms with E-state index in [-0.39, 0.29) is 11.3 Å². The van der Waals surface area contributed by atoms with Gasteiger partial charge in [0.2, 0.25) is 5.78 Å². The molecule has 1 aromatic rings. The number of amides is 1. The van der Waals surface area contributed by atoms with Crippen LogP contribution in [0.3, 0.4) is 0 Å². The SMILES string of the molecule is CCSCC[C@@H](N)C(O)C(=O)c1cc(C(=O)NN)ccn1. The molecule has 1 heterocycles. The van der Waals surface area contributed by atoms with Gasteiger partial charge in [-0.15, -0.1) is 0 Å². The summed E-state index contributed by atoms with van der Waals surface area (Å²) in [5.74, 6) is 5.61. The van der Waals surface area contributed by atoms with Gasteiger partial charge in [0.15, 0.2) is 0 Å². The lowest BCUT2D eigenvalue weighted by Gasteiger charge is -2.17. The number of nitrogens with two attached hydrogens (primary N) is 2. The highest BCUT2D eigenvalue weighted by atomic mass is 32.2. The molecule has 0 aliphatic carbocycles. The Kier molecular flexibility index (Phi) is 7.30. The van der Waals surface area contributed by atoms with Crippen LogP contribution in [-0.2, 0) is 0 Å². The number of aliphatic hydroxyl groups excluding tert-OH is 1. The largest absolute Gasteiger partial charge is 0.383 e. The fraction of sp³-hybridized carbons (Fsp3) is 0.462. The molecule has 0 spiro atoms. The molecule has 0 aromatic carbocycles. The van der Waals surface area contributed by atoms with Crippen molar-refractivity contribution in [3.8, 4) is 0 Å². The lowest BCUT2D eigenvalue weighted by Crippen LogP contribution is -2.41. The number of ketones is 1. The number of aliphatic hydroxyl groups is 1. The average molecular weight is 312 g/mol. The van der Waals surface area contributed by atoms with Gasteiger partial charge in [0, 0.05) is 17.8 Å². The van der Waals surface area contributed by atoms with Crippen molar-refractivity contribution >= 4 is 23.5 Å². The van der Waals surface area contributed by atoms with Crippen LogP contribution in [0.1, 0.15) is 34.2 Å². The molecule has 1 amide bonds. The van der Waals surface area contributed by atoms with Gasteiger partial charge in [-0.05, 0) is 30.1 Å². The van der Waals surface area contributed by atoms with E-state index in [0.29, 0.717) is 6.42 Å². The van der Waals surface area contributed by atoms with Gasteiger partial charge in [-0.2, -0.15) is 11.8 Å². The molecule has 0 aliphatic rings. The Morgan fingerprint density at radius 3 is 2.86 bits per heavy atom. The summed E-state index contributed by atoms with van der Waals surface area (Å²) in [6.07, 6.45) is 0.489. The summed E-state index contributed by atoms with van der Waals surface area (Å²) in [4.78, 5) is 27.4. The molecule has 116 valence electrons. The summed E-state index contributed by atoms with van der Waals surface area (Å²) in [5.41, 5.74) is 7.96. The van der Waals surface area contributed by atoms with Crippen LogP contribution in [0.2, 0.25) is 0 Å². The number of carbonyl (C=O) groups is 2. The first kappa shape index (κ1) is 17.6. The summed E-state index contributed by atoms with van der Waals surface area (Å²) >= 11 is 1.69. The molecule has 1 unspecified atom stereocenters. The molecule has 0 radical (unpaired) electrons. The van der Waals surface area contributed by atoms with Gasteiger partial charge >= 0.3 is 0 Å². The number of rotatable bonds is 8. The van der Waals surface area contributed by atoms with Crippen molar-refractivity contribution in [3.63, 3.8) is 0 Å². The Bertz CT molecular complexity index is 498. The molecule has 0 bridgehead atoms. The van der Waals surface area contributed by atoms with E-state index < -0.39 is 23.8 Å². The first-order chi connectivity index (χ1) is 10.0. The Morgan fingerprint density at radius 2 is 2.24 bits per heavy atom. The molecular weight excluding hydrogens is 292 g/mol. The molecule has 0 saturated carbocycles. The predicted octanol–water partition coefficient (Wildman–Crippen LogP) is -0.301. The summed E-state index contributed by atoms with van der Waals surface area (Å²) in [6, 6.07) is 2.04. The van der Waals surface area contributed by atoms with Crippen LogP contribution >= 0.6 is 11.8 Å². The van der Waals surface area contributed by atoms with E-state index in [1.54, 1.807) is 11.8 Å². The zero-order valence-corrected chi connectivity index (χ0v) is 12.6. The van der Waals surface area contributed by atoms with E-state index in [9.17, 15) is 14.7 Å². The van der Waals surface area contributed by atoms with Crippen LogP contribution in [0.5, 0.6) is 0 Å². The van der Waals surface area contributed by atoms with Crippen LogP contribution in [0, 0.1) is 0 Å². The van der Waals surface area contributed by atoms with E-state index in [0.717, 1.165) is 11.5 Å². The number of carbonyl (C=O) groups excluding carboxylic acids is 2. The molecule has 6 N–H and O–H groups in total. The highest BCUT2D eigenvalue weighted by molar-refractivity contribution is 7.99. The molecule has 0 fully saturated rings. The van der Waals surface area contributed by atoms with Crippen molar-refractivity contribution in [1.82, 2.24) is 10.4 Å². The second-order valence-electron chi connectivity index (χ2n) is 4.36. The number of thioether (sulfide) groups is 1. The van der Waals surface area contributed by atoms with Gasteiger partial charge in [0.1, 0.15) is 11.8 Å². The van der Waals surface area contributed by atoms with Crippen molar-refractivity contribution < 1.29 is 14.7 Å². The monoisotopic (exact) mass is 312 g/mol. The van der Waals surface area contributed by atoms with Crippen molar-refractivity contribution in [2.45, 2.75) is 25.5 Å². The first-order valence-corrected chi connectivity index (χ1v) is 7.69. The predicted molar refractivity (Wildman–Crippen MR) is 81.8 cm³/mol. The normalized spacial score (nSPS) is 13.5. The highest BCUT2D eigenvalue weighted by Crippen LogP contribution is 2.10. The fourth-order valence-corrected chi connectivity index (χ4v) is 2.38. The average Bonchev–Trinajstić information content (AvgIpc) is 2.52. The summed E-state index contributed by atoms with van der Waals surface area (Å²) in [6.45, 7) is 2.02. The van der Waals surface area contributed by atoms with E-state index in [2.05, 4.69) is 4.98 Å². The first-order valence-electron chi connectivity index (χ1n) is 6.53. The zero-order valence-electron chi connectivity index (χ0n) is 11.8. The number of Topliss-reactive ketones (excluding diaryl/α,β-unsaturated/α-hetero) is 1. The summed E-state index contributed by atoms with van der Waals surface area (Å²) in [7, 11) is 0. The maximum absolute atomic E-state index is 12.1. The Hall–Kier alpha value is -1.48. The van der Waals surface area contributed by atoms with Crippen LogP contribution in [0.4, 0.5) is 0 Å². The lowest BCUT2D eigenvalue weighted by atomic mass is 10.0. The maximum Gasteiger partial charge on any atom is 0.265 e. The minimum atomic E-state index is -1.34. The quantitative estimate of drug-likeness (QED) is 0.170. The molecule has 8 heteroatoms. The van der Waals surface area contributed by atoms with Gasteiger partial charge in [0.25, 0.3) is 5.91 Å². The van der Waals surface area contributed by atoms with E-state index >= 15 is 0 Å². The van der Waals surface area contributed by atoms with Crippen molar-refractivity contribution in [1.29, 1.82) is 0 Å². The van der Waals surface area contributed by atoms with Crippen LogP contribution in [0.15, 0.2) is 18.3 Å². The summed E-state index contributed by atoms with van der Waals surface area (Å²) in [5, 5.41) is 9.98. The summed E-state index contributed by atoms with van der Waals surface area (Å²) < 4.78 is 0. The van der Waals surface area contributed by atoms with Crippen LogP contribution < -0.4 is 17.0 Å². The third-order valence-electron chi connectivity index (χ3n) is 2.88. The number of nitrogens with one attached hydrogen (secondary N) is 1. The van der Waals surface area contributed by atoms with Gasteiger partial charge in [-0.25, -0.2) is 5.84 Å². The second-order valence-corrected chi connectivity index (χ2v) is 5.76. The number of nitrogens with zero attached hydrogens (tertiary/aromatic N) is 1. The van der Waals surface area contributed by atoms with Crippen LogP contribution in [-0.4, -0.2) is 45.4 Å². The van der Waals surface area contributed by atoms with Crippen molar-refractivity contribution in [2.75, 3.05) is 11.5 Å². The van der Waals surface area contributed by atoms with Gasteiger partial charge in [0.05, 0.1) is 0 Å². The molecule has 0 aliphatic heterocycles. The van der Waals surface area contributed by atoms with Crippen LogP contribution in [0.25, 0.3) is 0 Å². The minimum Gasteiger partial charge on any atom is -0.383 e. The molecular formula is C13H20N4O3S. The standard InChI is InChI=1S/C13H20N4O3S/c1-2-21-6-4-9(14)11(18)12(19)10-7-8(3-5-16-10)13(20)17-15/h3,5,7,9,11,18H,2,4,6,14-15H2,1H3,(H,17,20)/t9-,11?/m1/s1. The Labute approximate surface area is 127 Å². The topological polar surface area (TPSA) is 131 Å². The number of hydrogen-bond acceptors (Lipinski definition) is 7. The molecule has 21 heavy (non-hydrogen) atoms. The Morgan fingerprint density at radius 1 is 1.52 bits per heavy atom. The number of hydrogen-bond donors (Lipinski definition) is 4. The molecule has 0 saturated heterocycles. The van der Waals surface area contributed by atoms with E-state index in [1.165, 1.54) is 18.3 Å². The molecule has 7 nitrogen and oxygen atoms in total. The number of pyridine rings is 1. The van der Waals surface area contributed by atoms with Crippen molar-refractivity contribution in [3.05, 3.63) is 29.6 Å². The number of hydrazine groups is 1. The fourth-order valence-electron chi connectivity index (χ4n) is 1.66. The van der Waals surface area contributed by atoms with Crippen molar-refractivity contribution in [2.24, 2.45) is 11.6 Å². The smallest absolute Gasteiger partial charge is 0.265 e. The molecule has 1 rings (SSSR count). The lowest BCUT2D eigenvalue weighted by molar-refractivity contribution is 0.0686. The van der Waals surface area contributed by atoms with E-state index in [1.807, 2.05) is 12.3 Å². The van der Waals surface area contributed by atoms with E-state index in [4.69, 9.17) is 11.6 Å². The third-order valence-corrected chi connectivity index (χ3v) is 3.81. The minimum absolute atomic E-state index is 0.0119. The van der Waals surface area contributed by atoms with Gasteiger partial charge in [-0.1, -0.05) is 6.92 Å². The maximum atomic E-state index is 12.1. The highest BCUT2D eigenvalue weighted by Gasteiger charge is 2.25. The number of aromatic nitrogens is 1. The molecule has 2 atom stereocenters. The third kappa shape index (κ3) is 5.09. The van der Waals surface area contributed by atoms with Gasteiger partial charge < -0.3 is 10.8 Å². The van der Waals surface area contributed by atoms with Gasteiger partial charge in [-0.3, -0.25) is 20.0 Å². The second kappa shape index (κ2) is 8.73. The molecule has 1 aromatic heterocycles. The Balaban J connectivity index is 2.75.